The third kappa shape index (κ3) is 1.61. The van der Waals surface area contributed by atoms with Crippen LogP contribution in [0, 0.1) is 17.5 Å². The van der Waals surface area contributed by atoms with Crippen molar-refractivity contribution < 1.29 is 17.9 Å². The third-order valence-corrected chi connectivity index (χ3v) is 3.11. The number of benzene rings is 2. The maximum absolute atomic E-state index is 13.8. The minimum atomic E-state index is -1.18. The lowest BCUT2D eigenvalue weighted by Crippen LogP contribution is -2.15. The van der Waals surface area contributed by atoms with Crippen LogP contribution in [0.25, 0.3) is 0 Å². The molecule has 0 radical (unpaired) electrons. The van der Waals surface area contributed by atoms with E-state index in [0.717, 1.165) is 18.2 Å². The van der Waals surface area contributed by atoms with E-state index in [0.29, 0.717) is 0 Å². The van der Waals surface area contributed by atoms with Gasteiger partial charge in [0.05, 0.1) is 6.61 Å². The first kappa shape index (κ1) is 11.3. The Bertz CT molecular complexity index is 606. The first-order valence-electron chi connectivity index (χ1n) is 5.48. The summed E-state index contributed by atoms with van der Waals surface area (Å²) < 4.78 is 45.9. The van der Waals surface area contributed by atoms with Gasteiger partial charge in [0.15, 0.2) is 0 Å². The summed E-state index contributed by atoms with van der Waals surface area (Å²) in [4.78, 5) is 0. The number of hydrogen-bond donors (Lipinski definition) is 0. The van der Waals surface area contributed by atoms with Crippen LogP contribution in [0.5, 0.6) is 0 Å². The van der Waals surface area contributed by atoms with Crippen LogP contribution in [0.2, 0.25) is 0 Å². The molecule has 0 N–H and O–H groups in total. The fourth-order valence-corrected chi connectivity index (χ4v) is 2.12. The number of rotatable bonds is 2. The van der Waals surface area contributed by atoms with Gasteiger partial charge in [-0.25, -0.2) is 13.2 Å². The normalized spacial score (nSPS) is 21.9. The molecule has 1 nitrogen and oxygen atoms in total. The highest BCUT2D eigenvalue weighted by molar-refractivity contribution is 5.42. The first-order valence-corrected chi connectivity index (χ1v) is 5.48. The van der Waals surface area contributed by atoms with Crippen LogP contribution in [-0.2, 0) is 10.3 Å². The average molecular weight is 250 g/mol. The number of halogens is 3. The van der Waals surface area contributed by atoms with Gasteiger partial charge >= 0.3 is 0 Å². The maximum atomic E-state index is 13.8. The standard InChI is InChI=1S/C14H9F3O/c15-9-5-6-13(17)11(7-9)14(8-18-14)10-3-1-2-4-12(10)16/h1-7H,8H2. The Balaban J connectivity index is 2.16. The van der Waals surface area contributed by atoms with E-state index in [-0.39, 0.29) is 17.7 Å². The van der Waals surface area contributed by atoms with Crippen molar-refractivity contribution in [2.75, 3.05) is 6.61 Å². The molecule has 1 fully saturated rings. The van der Waals surface area contributed by atoms with Crippen LogP contribution in [0.1, 0.15) is 11.1 Å². The van der Waals surface area contributed by atoms with Crippen LogP contribution < -0.4 is 0 Å². The zero-order valence-corrected chi connectivity index (χ0v) is 9.29. The van der Waals surface area contributed by atoms with Gasteiger partial charge in [0.1, 0.15) is 23.1 Å². The minimum Gasteiger partial charge on any atom is -0.359 e. The van der Waals surface area contributed by atoms with Crippen LogP contribution in [-0.4, -0.2) is 6.61 Å². The highest BCUT2D eigenvalue weighted by Crippen LogP contribution is 2.47. The monoisotopic (exact) mass is 250 g/mol. The summed E-state index contributed by atoms with van der Waals surface area (Å²) in [7, 11) is 0. The van der Waals surface area contributed by atoms with E-state index in [9.17, 15) is 13.2 Å². The summed E-state index contributed by atoms with van der Waals surface area (Å²) in [6, 6.07) is 9.07. The van der Waals surface area contributed by atoms with Crippen molar-refractivity contribution in [2.24, 2.45) is 0 Å². The Morgan fingerprint density at radius 2 is 1.56 bits per heavy atom. The maximum Gasteiger partial charge on any atom is 0.147 e. The summed E-state index contributed by atoms with van der Waals surface area (Å²) in [6.07, 6.45) is 0. The molecule has 0 spiro atoms. The predicted molar refractivity (Wildman–Crippen MR) is 59.5 cm³/mol. The predicted octanol–water partition coefficient (Wildman–Crippen LogP) is 3.38. The molecule has 1 aliphatic rings. The lowest BCUT2D eigenvalue weighted by Gasteiger charge is -2.14. The zero-order valence-electron chi connectivity index (χ0n) is 9.29. The molecule has 3 rings (SSSR count). The van der Waals surface area contributed by atoms with Crippen LogP contribution in [0.3, 0.4) is 0 Å². The van der Waals surface area contributed by atoms with Gasteiger partial charge in [0, 0.05) is 11.1 Å². The van der Waals surface area contributed by atoms with E-state index >= 15 is 0 Å². The Labute approximate surface area is 102 Å². The van der Waals surface area contributed by atoms with Crippen molar-refractivity contribution in [3.63, 3.8) is 0 Å². The van der Waals surface area contributed by atoms with Gasteiger partial charge in [-0.3, -0.25) is 0 Å². The van der Waals surface area contributed by atoms with Gasteiger partial charge in [-0.2, -0.15) is 0 Å². The van der Waals surface area contributed by atoms with Gasteiger partial charge < -0.3 is 4.74 Å². The number of ether oxygens (including phenoxy) is 1. The van der Waals surface area contributed by atoms with Crippen LogP contribution in [0.15, 0.2) is 42.5 Å². The minimum absolute atomic E-state index is 0.0348. The molecule has 1 atom stereocenters. The van der Waals surface area contributed by atoms with E-state index < -0.39 is 23.1 Å². The lowest BCUT2D eigenvalue weighted by atomic mass is 9.91. The molecule has 1 unspecified atom stereocenters. The summed E-state index contributed by atoms with van der Waals surface area (Å²) in [5, 5.41) is 0. The van der Waals surface area contributed by atoms with Gasteiger partial charge in [-0.1, -0.05) is 18.2 Å². The molecular weight excluding hydrogens is 241 g/mol. The molecule has 0 aliphatic carbocycles. The highest BCUT2D eigenvalue weighted by atomic mass is 19.1. The zero-order chi connectivity index (χ0) is 12.8. The van der Waals surface area contributed by atoms with Crippen molar-refractivity contribution in [3.8, 4) is 0 Å². The molecule has 18 heavy (non-hydrogen) atoms. The van der Waals surface area contributed by atoms with Crippen LogP contribution >= 0.6 is 0 Å². The quantitative estimate of drug-likeness (QED) is 0.744. The first-order chi connectivity index (χ1) is 8.63. The molecule has 0 aromatic heterocycles. The van der Waals surface area contributed by atoms with E-state index in [2.05, 4.69) is 0 Å². The largest absolute Gasteiger partial charge is 0.359 e. The van der Waals surface area contributed by atoms with Crippen molar-refractivity contribution in [1.29, 1.82) is 0 Å². The molecule has 2 aromatic carbocycles. The fraction of sp³-hybridized carbons (Fsp3) is 0.143. The number of hydrogen-bond acceptors (Lipinski definition) is 1. The fourth-order valence-electron chi connectivity index (χ4n) is 2.12. The van der Waals surface area contributed by atoms with E-state index in [1.807, 2.05) is 0 Å². The smallest absolute Gasteiger partial charge is 0.147 e. The second kappa shape index (κ2) is 3.85. The van der Waals surface area contributed by atoms with E-state index in [1.165, 1.54) is 18.2 Å². The number of epoxide rings is 1. The van der Waals surface area contributed by atoms with Crippen LogP contribution in [0.4, 0.5) is 13.2 Å². The van der Waals surface area contributed by atoms with Crippen molar-refractivity contribution in [1.82, 2.24) is 0 Å². The molecule has 0 amide bonds. The topological polar surface area (TPSA) is 12.5 Å². The van der Waals surface area contributed by atoms with Gasteiger partial charge in [-0.15, -0.1) is 0 Å². The molecule has 0 saturated carbocycles. The second-order valence-electron chi connectivity index (χ2n) is 4.22. The lowest BCUT2D eigenvalue weighted by molar-refractivity contribution is 0.332. The van der Waals surface area contributed by atoms with Gasteiger partial charge in [0.2, 0.25) is 0 Å². The molecule has 4 heteroatoms. The Hall–Kier alpha value is -1.81. The van der Waals surface area contributed by atoms with Crippen molar-refractivity contribution >= 4 is 0 Å². The molecule has 2 aromatic rings. The second-order valence-corrected chi connectivity index (χ2v) is 4.22. The molecule has 1 aliphatic heterocycles. The van der Waals surface area contributed by atoms with Gasteiger partial charge in [-0.05, 0) is 24.3 Å². The van der Waals surface area contributed by atoms with Gasteiger partial charge in [0.25, 0.3) is 0 Å². The summed E-state index contributed by atoms with van der Waals surface area (Å²) in [6.45, 7) is 0.147. The highest BCUT2D eigenvalue weighted by Gasteiger charge is 2.51. The molecule has 0 bridgehead atoms. The SMILES string of the molecule is Fc1ccc(F)c(C2(c3ccccc3F)CO2)c1. The summed E-state index contributed by atoms with van der Waals surface area (Å²) in [5.41, 5.74) is -0.917. The molecule has 1 saturated heterocycles. The Morgan fingerprint density at radius 1 is 0.889 bits per heavy atom. The Kier molecular flexibility index (Phi) is 2.41. The van der Waals surface area contributed by atoms with E-state index in [4.69, 9.17) is 4.74 Å². The molecular formula is C14H9F3O. The Morgan fingerprint density at radius 3 is 2.22 bits per heavy atom. The third-order valence-electron chi connectivity index (χ3n) is 3.11. The summed E-state index contributed by atoms with van der Waals surface area (Å²) >= 11 is 0. The molecule has 92 valence electrons. The van der Waals surface area contributed by atoms with Crippen molar-refractivity contribution in [3.05, 3.63) is 71.0 Å². The average Bonchev–Trinajstić information content (AvgIpc) is 3.14. The molecule has 1 heterocycles. The van der Waals surface area contributed by atoms with E-state index in [1.54, 1.807) is 6.07 Å². The van der Waals surface area contributed by atoms with Crippen molar-refractivity contribution in [2.45, 2.75) is 5.60 Å². The summed E-state index contributed by atoms with van der Waals surface area (Å²) in [5.74, 6) is -1.66.